The zero-order valence-corrected chi connectivity index (χ0v) is 18.3. The fourth-order valence-corrected chi connectivity index (χ4v) is 3.22. The summed E-state index contributed by atoms with van der Waals surface area (Å²) in [5.41, 5.74) is 5.12. The molecule has 3 nitrogen and oxygen atoms in total. The molecule has 1 amide bonds. The lowest BCUT2D eigenvalue weighted by Crippen LogP contribution is -2.37. The Balaban J connectivity index is 2.02. The van der Waals surface area contributed by atoms with Gasteiger partial charge in [0.2, 0.25) is 0 Å². The second-order valence-corrected chi connectivity index (χ2v) is 8.32. The minimum absolute atomic E-state index is 0.0636. The monoisotopic (exact) mass is 381 g/mol. The van der Waals surface area contributed by atoms with E-state index in [1.807, 2.05) is 19.1 Å². The highest BCUT2D eigenvalue weighted by Crippen LogP contribution is 2.25. The molecule has 152 valence electrons. The molecule has 3 heteroatoms. The van der Waals surface area contributed by atoms with Crippen LogP contribution in [-0.2, 0) is 29.6 Å². The largest absolute Gasteiger partial charge is 0.481 e. The number of carbonyl (C=O) groups excluding carboxylic acids is 1. The van der Waals surface area contributed by atoms with Crippen molar-refractivity contribution in [2.24, 2.45) is 0 Å². The van der Waals surface area contributed by atoms with E-state index in [9.17, 15) is 4.79 Å². The van der Waals surface area contributed by atoms with Crippen molar-refractivity contribution in [3.05, 3.63) is 64.7 Å². The van der Waals surface area contributed by atoms with Crippen LogP contribution in [0.15, 0.2) is 42.5 Å². The van der Waals surface area contributed by atoms with Crippen LogP contribution in [0, 0.1) is 0 Å². The Morgan fingerprint density at radius 1 is 0.964 bits per heavy atom. The number of aryl methyl sites for hydroxylation is 2. The van der Waals surface area contributed by atoms with Gasteiger partial charge < -0.3 is 10.1 Å². The number of benzene rings is 2. The lowest BCUT2D eigenvalue weighted by atomic mass is 9.87. The van der Waals surface area contributed by atoms with Crippen LogP contribution in [-0.4, -0.2) is 12.0 Å². The number of amides is 1. The molecule has 1 N–H and O–H groups in total. The van der Waals surface area contributed by atoms with E-state index in [1.165, 1.54) is 22.3 Å². The fraction of sp³-hybridized carbons (Fsp3) is 0.480. The highest BCUT2D eigenvalue weighted by molar-refractivity contribution is 5.81. The summed E-state index contributed by atoms with van der Waals surface area (Å²) < 4.78 is 5.97. The number of carbonyl (C=O) groups is 1. The molecule has 0 fully saturated rings. The van der Waals surface area contributed by atoms with Crippen molar-refractivity contribution in [2.75, 3.05) is 0 Å². The Bertz CT molecular complexity index is 772. The van der Waals surface area contributed by atoms with E-state index in [-0.39, 0.29) is 11.3 Å². The molecule has 28 heavy (non-hydrogen) atoms. The van der Waals surface area contributed by atoms with Crippen LogP contribution >= 0.6 is 0 Å². The second-order valence-electron chi connectivity index (χ2n) is 8.32. The Morgan fingerprint density at radius 2 is 1.64 bits per heavy atom. The summed E-state index contributed by atoms with van der Waals surface area (Å²) in [7, 11) is 0. The summed E-state index contributed by atoms with van der Waals surface area (Å²) in [5, 5.41) is 3.07. The van der Waals surface area contributed by atoms with Crippen molar-refractivity contribution >= 4 is 5.91 Å². The molecule has 0 saturated heterocycles. The highest BCUT2D eigenvalue weighted by Gasteiger charge is 2.19. The van der Waals surface area contributed by atoms with E-state index >= 15 is 0 Å². The summed E-state index contributed by atoms with van der Waals surface area (Å²) >= 11 is 0. The Labute approximate surface area is 170 Å². The van der Waals surface area contributed by atoms with Gasteiger partial charge in [-0.2, -0.15) is 0 Å². The topological polar surface area (TPSA) is 38.3 Å². The van der Waals surface area contributed by atoms with Gasteiger partial charge in [0.05, 0.1) is 0 Å². The first-order valence-corrected chi connectivity index (χ1v) is 10.4. The van der Waals surface area contributed by atoms with Crippen LogP contribution in [0.3, 0.4) is 0 Å². The molecule has 0 aliphatic rings. The normalized spacial score (nSPS) is 12.5. The number of ether oxygens (including phenoxy) is 1. The molecule has 0 spiro atoms. The van der Waals surface area contributed by atoms with E-state index in [0.717, 1.165) is 18.6 Å². The van der Waals surface area contributed by atoms with E-state index in [2.05, 4.69) is 70.3 Å². The molecule has 0 heterocycles. The van der Waals surface area contributed by atoms with Gasteiger partial charge in [0.1, 0.15) is 5.75 Å². The Morgan fingerprint density at radius 3 is 2.18 bits per heavy atom. The molecule has 0 aliphatic carbocycles. The van der Waals surface area contributed by atoms with E-state index in [4.69, 9.17) is 4.74 Å². The van der Waals surface area contributed by atoms with Crippen LogP contribution < -0.4 is 10.1 Å². The maximum atomic E-state index is 12.7. The predicted molar refractivity (Wildman–Crippen MR) is 117 cm³/mol. The molecule has 1 unspecified atom stereocenters. The minimum atomic E-state index is -0.486. The van der Waals surface area contributed by atoms with Crippen LogP contribution in [0.5, 0.6) is 5.75 Å². The van der Waals surface area contributed by atoms with Gasteiger partial charge in [0.25, 0.3) is 5.91 Å². The first-order valence-electron chi connectivity index (χ1n) is 10.4. The SMILES string of the molecule is CCc1ccc(CC)c(CNC(=O)C(CC)Oc2ccc(C(C)(C)C)cc2)c1. The molecule has 2 rings (SSSR count). The van der Waals surface area contributed by atoms with Gasteiger partial charge in [-0.15, -0.1) is 0 Å². The van der Waals surface area contributed by atoms with Crippen molar-refractivity contribution < 1.29 is 9.53 Å². The fourth-order valence-electron chi connectivity index (χ4n) is 3.22. The lowest BCUT2D eigenvalue weighted by Gasteiger charge is -2.21. The summed E-state index contributed by atoms with van der Waals surface area (Å²) in [4.78, 5) is 12.7. The zero-order valence-electron chi connectivity index (χ0n) is 18.3. The zero-order chi connectivity index (χ0) is 20.7. The minimum Gasteiger partial charge on any atom is -0.481 e. The van der Waals surface area contributed by atoms with Gasteiger partial charge in [-0.1, -0.05) is 71.9 Å². The standard InChI is InChI=1S/C25H35NO2/c1-7-18-10-11-19(8-2)20(16-18)17-26-24(27)23(9-3)28-22-14-12-21(13-15-22)25(4,5)6/h10-16,23H,7-9,17H2,1-6H3,(H,26,27). The maximum absolute atomic E-state index is 12.7. The smallest absolute Gasteiger partial charge is 0.261 e. The van der Waals surface area contributed by atoms with Gasteiger partial charge >= 0.3 is 0 Å². The van der Waals surface area contributed by atoms with Crippen molar-refractivity contribution in [2.45, 2.75) is 78.9 Å². The van der Waals surface area contributed by atoms with Crippen molar-refractivity contribution in [3.63, 3.8) is 0 Å². The van der Waals surface area contributed by atoms with Crippen LogP contribution in [0.4, 0.5) is 0 Å². The van der Waals surface area contributed by atoms with Gasteiger partial charge in [0.15, 0.2) is 6.10 Å². The van der Waals surface area contributed by atoms with Crippen molar-refractivity contribution in [1.29, 1.82) is 0 Å². The van der Waals surface area contributed by atoms with Crippen LogP contribution in [0.2, 0.25) is 0 Å². The Kier molecular flexibility index (Phi) is 7.68. The summed E-state index contributed by atoms with van der Waals surface area (Å²) in [5.74, 6) is 0.670. The van der Waals surface area contributed by atoms with Gasteiger partial charge in [-0.25, -0.2) is 0 Å². The van der Waals surface area contributed by atoms with Crippen molar-refractivity contribution in [1.82, 2.24) is 5.32 Å². The molecule has 0 aliphatic heterocycles. The van der Waals surface area contributed by atoms with Crippen molar-refractivity contribution in [3.8, 4) is 5.75 Å². The second kappa shape index (κ2) is 9.77. The van der Waals surface area contributed by atoms with Gasteiger partial charge in [-0.3, -0.25) is 4.79 Å². The molecule has 0 radical (unpaired) electrons. The average Bonchev–Trinajstić information content (AvgIpc) is 2.69. The molecule has 0 saturated carbocycles. The molecule has 2 aromatic carbocycles. The first-order chi connectivity index (χ1) is 13.3. The number of hydrogen-bond donors (Lipinski definition) is 1. The number of nitrogens with one attached hydrogen (secondary N) is 1. The molecule has 0 bridgehead atoms. The first kappa shape index (κ1) is 22.0. The molecular formula is C25H35NO2. The molecular weight excluding hydrogens is 346 g/mol. The average molecular weight is 382 g/mol. The number of rotatable bonds is 8. The predicted octanol–water partition coefficient (Wildman–Crippen LogP) is 5.58. The summed E-state index contributed by atoms with van der Waals surface area (Å²) in [6.07, 6.45) is 2.10. The van der Waals surface area contributed by atoms with Crippen LogP contribution in [0.25, 0.3) is 0 Å². The summed E-state index contributed by atoms with van der Waals surface area (Å²) in [6.45, 7) is 13.4. The number of hydrogen-bond acceptors (Lipinski definition) is 2. The quantitative estimate of drug-likeness (QED) is 0.648. The van der Waals surface area contributed by atoms with Gasteiger partial charge in [0, 0.05) is 6.54 Å². The molecule has 1 atom stereocenters. The highest BCUT2D eigenvalue weighted by atomic mass is 16.5. The maximum Gasteiger partial charge on any atom is 0.261 e. The van der Waals surface area contributed by atoms with E-state index in [1.54, 1.807) is 0 Å². The lowest BCUT2D eigenvalue weighted by molar-refractivity contribution is -0.128. The third-order valence-electron chi connectivity index (χ3n) is 5.17. The molecule has 2 aromatic rings. The summed E-state index contributed by atoms with van der Waals surface area (Å²) in [6, 6.07) is 14.6. The third-order valence-corrected chi connectivity index (χ3v) is 5.17. The Hall–Kier alpha value is -2.29. The molecule has 0 aromatic heterocycles. The van der Waals surface area contributed by atoms with E-state index < -0.39 is 6.10 Å². The van der Waals surface area contributed by atoms with E-state index in [0.29, 0.717) is 13.0 Å². The third kappa shape index (κ3) is 5.85. The van der Waals surface area contributed by atoms with Crippen LogP contribution in [0.1, 0.15) is 70.2 Å². The van der Waals surface area contributed by atoms with Gasteiger partial charge in [-0.05, 0) is 59.1 Å².